The third kappa shape index (κ3) is 9.93. The molecule has 2 N–H and O–H groups in total. The number of urea groups is 1. The van der Waals surface area contributed by atoms with Crippen LogP contribution in [0.25, 0.3) is 0 Å². The van der Waals surface area contributed by atoms with E-state index in [0.29, 0.717) is 18.9 Å². The summed E-state index contributed by atoms with van der Waals surface area (Å²) in [6.07, 6.45) is 3.55. The standard InChI is InChI=1S/C13H26N2O3/c1-11(2)8-10-15(3)13(18)14-9-6-4-5-7-12(16)17/h11H,4-10H2,1-3H3,(H,14,18)(H,16,17). The molecular weight excluding hydrogens is 232 g/mol. The largest absolute Gasteiger partial charge is 0.481 e. The van der Waals surface area contributed by atoms with Crippen molar-refractivity contribution in [3.8, 4) is 0 Å². The number of carbonyl (C=O) groups is 2. The molecule has 0 aromatic rings. The number of unbranched alkanes of at least 4 members (excludes halogenated alkanes) is 2. The highest BCUT2D eigenvalue weighted by atomic mass is 16.4. The van der Waals surface area contributed by atoms with Gasteiger partial charge in [-0.05, 0) is 25.2 Å². The summed E-state index contributed by atoms with van der Waals surface area (Å²) in [4.78, 5) is 23.6. The first-order valence-corrected chi connectivity index (χ1v) is 6.64. The van der Waals surface area contributed by atoms with Crippen LogP contribution in [0, 0.1) is 5.92 Å². The number of nitrogens with one attached hydrogen (secondary N) is 1. The van der Waals surface area contributed by atoms with Crippen molar-refractivity contribution in [2.24, 2.45) is 5.92 Å². The van der Waals surface area contributed by atoms with Gasteiger partial charge in [0.2, 0.25) is 0 Å². The second kappa shape index (κ2) is 9.74. The molecule has 0 aromatic heterocycles. The van der Waals surface area contributed by atoms with Crippen molar-refractivity contribution in [1.82, 2.24) is 10.2 Å². The van der Waals surface area contributed by atoms with Gasteiger partial charge in [0, 0.05) is 26.6 Å². The predicted octanol–water partition coefficient (Wildman–Crippen LogP) is 2.32. The van der Waals surface area contributed by atoms with E-state index in [-0.39, 0.29) is 12.5 Å². The van der Waals surface area contributed by atoms with Crippen molar-refractivity contribution in [3.63, 3.8) is 0 Å². The van der Waals surface area contributed by atoms with Gasteiger partial charge < -0.3 is 15.3 Å². The minimum atomic E-state index is -0.757. The fraction of sp³-hybridized carbons (Fsp3) is 0.846. The molecule has 18 heavy (non-hydrogen) atoms. The Kier molecular flexibility index (Phi) is 9.06. The number of aliphatic carboxylic acids is 1. The molecule has 0 saturated carbocycles. The van der Waals surface area contributed by atoms with E-state index >= 15 is 0 Å². The Hall–Kier alpha value is -1.26. The Morgan fingerprint density at radius 2 is 1.89 bits per heavy atom. The van der Waals surface area contributed by atoms with Crippen LogP contribution in [0.5, 0.6) is 0 Å². The minimum absolute atomic E-state index is 0.0473. The van der Waals surface area contributed by atoms with Gasteiger partial charge in [-0.1, -0.05) is 20.3 Å². The number of hydrogen-bond acceptors (Lipinski definition) is 2. The van der Waals surface area contributed by atoms with Gasteiger partial charge in [-0.25, -0.2) is 4.79 Å². The van der Waals surface area contributed by atoms with Gasteiger partial charge in [0.25, 0.3) is 0 Å². The molecule has 2 amide bonds. The Labute approximate surface area is 110 Å². The number of amides is 2. The third-order valence-electron chi connectivity index (χ3n) is 2.73. The van der Waals surface area contributed by atoms with Crippen LogP contribution < -0.4 is 5.32 Å². The maximum Gasteiger partial charge on any atom is 0.317 e. The van der Waals surface area contributed by atoms with Crippen LogP contribution in [-0.2, 0) is 4.79 Å². The Bertz CT molecular complexity index is 255. The zero-order valence-corrected chi connectivity index (χ0v) is 11.7. The molecule has 0 saturated heterocycles. The summed E-state index contributed by atoms with van der Waals surface area (Å²) >= 11 is 0. The zero-order valence-electron chi connectivity index (χ0n) is 11.7. The van der Waals surface area contributed by atoms with Gasteiger partial charge in [-0.15, -0.1) is 0 Å². The van der Waals surface area contributed by atoms with Gasteiger partial charge in [-0.3, -0.25) is 4.79 Å². The van der Waals surface area contributed by atoms with Crippen molar-refractivity contribution in [1.29, 1.82) is 0 Å². The maximum atomic E-state index is 11.6. The monoisotopic (exact) mass is 258 g/mol. The Morgan fingerprint density at radius 3 is 2.44 bits per heavy atom. The van der Waals surface area contributed by atoms with E-state index in [1.54, 1.807) is 11.9 Å². The van der Waals surface area contributed by atoms with E-state index < -0.39 is 5.97 Å². The first-order valence-electron chi connectivity index (χ1n) is 6.64. The van der Waals surface area contributed by atoms with E-state index in [0.717, 1.165) is 25.8 Å². The fourth-order valence-corrected chi connectivity index (χ4v) is 1.46. The van der Waals surface area contributed by atoms with Gasteiger partial charge in [0.05, 0.1) is 0 Å². The lowest BCUT2D eigenvalue weighted by atomic mass is 10.1. The van der Waals surface area contributed by atoms with Crippen LogP contribution in [-0.4, -0.2) is 42.1 Å². The average Bonchev–Trinajstić information content (AvgIpc) is 2.29. The fourth-order valence-electron chi connectivity index (χ4n) is 1.46. The SMILES string of the molecule is CC(C)CCN(C)C(=O)NCCCCCC(=O)O. The molecule has 5 nitrogen and oxygen atoms in total. The number of rotatable bonds is 9. The number of nitrogens with zero attached hydrogens (tertiary/aromatic N) is 1. The molecule has 0 radical (unpaired) electrons. The highest BCUT2D eigenvalue weighted by Gasteiger charge is 2.07. The molecule has 0 aliphatic rings. The van der Waals surface area contributed by atoms with E-state index in [2.05, 4.69) is 19.2 Å². The molecule has 5 heteroatoms. The summed E-state index contributed by atoms with van der Waals surface area (Å²) in [5.74, 6) is -0.163. The first kappa shape index (κ1) is 16.7. The minimum Gasteiger partial charge on any atom is -0.481 e. The Morgan fingerprint density at radius 1 is 1.22 bits per heavy atom. The van der Waals surface area contributed by atoms with Crippen LogP contribution in [0.3, 0.4) is 0 Å². The topological polar surface area (TPSA) is 69.6 Å². The first-order chi connectivity index (χ1) is 8.43. The maximum absolute atomic E-state index is 11.6. The number of carboxylic acid groups (broad SMARTS) is 1. The Balaban J connectivity index is 3.49. The predicted molar refractivity (Wildman–Crippen MR) is 71.6 cm³/mol. The molecule has 0 unspecified atom stereocenters. The highest BCUT2D eigenvalue weighted by Crippen LogP contribution is 2.01. The van der Waals surface area contributed by atoms with Gasteiger partial charge in [0.1, 0.15) is 0 Å². The average molecular weight is 258 g/mol. The smallest absolute Gasteiger partial charge is 0.317 e. The molecule has 0 aliphatic carbocycles. The number of carboxylic acids is 1. The van der Waals surface area contributed by atoms with Crippen molar-refractivity contribution < 1.29 is 14.7 Å². The summed E-state index contributed by atoms with van der Waals surface area (Å²) in [6.45, 7) is 5.65. The molecule has 0 bridgehead atoms. The van der Waals surface area contributed by atoms with Crippen molar-refractivity contribution in [2.75, 3.05) is 20.1 Å². The highest BCUT2D eigenvalue weighted by molar-refractivity contribution is 5.73. The third-order valence-corrected chi connectivity index (χ3v) is 2.73. The molecule has 0 aliphatic heterocycles. The second-order valence-electron chi connectivity index (χ2n) is 5.04. The molecule has 0 spiro atoms. The molecule has 106 valence electrons. The lowest BCUT2D eigenvalue weighted by Crippen LogP contribution is -2.38. The lowest BCUT2D eigenvalue weighted by Gasteiger charge is -2.18. The number of carbonyl (C=O) groups excluding carboxylic acids is 1. The molecule has 0 heterocycles. The lowest BCUT2D eigenvalue weighted by molar-refractivity contribution is -0.137. The van der Waals surface area contributed by atoms with Gasteiger partial charge in [-0.2, -0.15) is 0 Å². The van der Waals surface area contributed by atoms with Crippen LogP contribution in [0.4, 0.5) is 4.79 Å². The molecule has 0 rings (SSSR count). The summed E-state index contributed by atoms with van der Waals surface area (Å²) in [5.41, 5.74) is 0. The summed E-state index contributed by atoms with van der Waals surface area (Å²) in [5, 5.41) is 11.3. The van der Waals surface area contributed by atoms with Crippen molar-refractivity contribution in [2.45, 2.75) is 46.0 Å². The van der Waals surface area contributed by atoms with Crippen molar-refractivity contribution >= 4 is 12.0 Å². The van der Waals surface area contributed by atoms with Gasteiger partial charge in [0.15, 0.2) is 0 Å². The van der Waals surface area contributed by atoms with Gasteiger partial charge >= 0.3 is 12.0 Å². The van der Waals surface area contributed by atoms with E-state index in [4.69, 9.17) is 5.11 Å². The van der Waals surface area contributed by atoms with E-state index in [9.17, 15) is 9.59 Å². The molecule has 0 fully saturated rings. The van der Waals surface area contributed by atoms with Crippen LogP contribution in [0.1, 0.15) is 46.0 Å². The summed E-state index contributed by atoms with van der Waals surface area (Å²) in [6, 6.07) is -0.0473. The number of hydrogen-bond donors (Lipinski definition) is 2. The zero-order chi connectivity index (χ0) is 14.0. The quantitative estimate of drug-likeness (QED) is 0.623. The molecule has 0 atom stereocenters. The van der Waals surface area contributed by atoms with E-state index in [1.807, 2.05) is 0 Å². The van der Waals surface area contributed by atoms with E-state index in [1.165, 1.54) is 0 Å². The summed E-state index contributed by atoms with van der Waals surface area (Å²) in [7, 11) is 1.79. The second-order valence-corrected chi connectivity index (χ2v) is 5.04. The molecular formula is C13H26N2O3. The normalized spacial score (nSPS) is 10.4. The van der Waals surface area contributed by atoms with Crippen LogP contribution >= 0.6 is 0 Å². The van der Waals surface area contributed by atoms with Crippen LogP contribution in [0.2, 0.25) is 0 Å². The molecule has 0 aromatic carbocycles. The van der Waals surface area contributed by atoms with Crippen molar-refractivity contribution in [3.05, 3.63) is 0 Å². The summed E-state index contributed by atoms with van der Waals surface area (Å²) < 4.78 is 0. The van der Waals surface area contributed by atoms with Crippen LogP contribution in [0.15, 0.2) is 0 Å².